The third-order valence-electron chi connectivity index (χ3n) is 3.54. The first-order valence-electron chi connectivity index (χ1n) is 6.86. The molecule has 0 atom stereocenters. The van der Waals surface area contributed by atoms with E-state index in [0.29, 0.717) is 17.1 Å². The van der Waals surface area contributed by atoms with E-state index in [1.54, 1.807) is 4.68 Å². The summed E-state index contributed by atoms with van der Waals surface area (Å²) in [5.41, 5.74) is 4.39. The summed E-state index contributed by atoms with van der Waals surface area (Å²) in [6, 6.07) is 3.82. The van der Waals surface area contributed by atoms with E-state index in [2.05, 4.69) is 21.0 Å². The Kier molecular flexibility index (Phi) is 4.89. The van der Waals surface area contributed by atoms with Crippen molar-refractivity contribution in [1.29, 1.82) is 0 Å². The summed E-state index contributed by atoms with van der Waals surface area (Å²) in [6.07, 6.45) is 0.272. The molecule has 0 N–H and O–H groups in total. The monoisotopic (exact) mass is 368 g/mol. The van der Waals surface area contributed by atoms with Crippen molar-refractivity contribution in [3.63, 3.8) is 0 Å². The SMILES string of the molecule is CCn1nc(C)c(Cl)c1CC(=O)c1cc(C)c(Br)c(C)c1. The molecule has 0 radical (unpaired) electrons. The van der Waals surface area contributed by atoms with Crippen LogP contribution in [0.5, 0.6) is 0 Å². The van der Waals surface area contributed by atoms with Crippen molar-refractivity contribution in [3.8, 4) is 0 Å². The van der Waals surface area contributed by atoms with Crippen molar-refractivity contribution < 1.29 is 4.79 Å². The summed E-state index contributed by atoms with van der Waals surface area (Å²) in [7, 11) is 0. The minimum atomic E-state index is 0.0604. The van der Waals surface area contributed by atoms with Crippen molar-refractivity contribution in [2.24, 2.45) is 0 Å². The van der Waals surface area contributed by atoms with Crippen LogP contribution in [0.3, 0.4) is 0 Å². The molecule has 2 aromatic rings. The van der Waals surface area contributed by atoms with Crippen molar-refractivity contribution in [3.05, 3.63) is 49.7 Å². The second kappa shape index (κ2) is 6.32. The highest BCUT2D eigenvalue weighted by Gasteiger charge is 2.18. The van der Waals surface area contributed by atoms with Gasteiger partial charge in [-0.1, -0.05) is 27.5 Å². The molecule has 1 aromatic carbocycles. The van der Waals surface area contributed by atoms with Gasteiger partial charge in [0, 0.05) is 16.6 Å². The van der Waals surface area contributed by atoms with Gasteiger partial charge >= 0.3 is 0 Å². The number of hydrogen-bond acceptors (Lipinski definition) is 2. The summed E-state index contributed by atoms with van der Waals surface area (Å²) in [5.74, 6) is 0.0604. The summed E-state index contributed by atoms with van der Waals surface area (Å²) in [5, 5.41) is 4.94. The lowest BCUT2D eigenvalue weighted by Gasteiger charge is -2.08. The van der Waals surface area contributed by atoms with Crippen molar-refractivity contribution >= 4 is 33.3 Å². The number of carbonyl (C=O) groups is 1. The summed E-state index contributed by atoms with van der Waals surface area (Å²) >= 11 is 9.79. The standard InChI is InChI=1S/C16H18BrClN2O/c1-5-20-13(16(18)11(4)19-20)8-14(21)12-6-9(2)15(17)10(3)7-12/h6-7H,5,8H2,1-4H3. The molecule has 0 aliphatic heterocycles. The van der Waals surface area contributed by atoms with Crippen LogP contribution in [-0.4, -0.2) is 15.6 Å². The molecule has 0 spiro atoms. The van der Waals surface area contributed by atoms with Gasteiger partial charge in [0.15, 0.2) is 5.78 Å². The minimum Gasteiger partial charge on any atom is -0.294 e. The number of nitrogens with zero attached hydrogens (tertiary/aromatic N) is 2. The van der Waals surface area contributed by atoms with E-state index in [1.165, 1.54) is 0 Å². The number of Topliss-reactive ketones (excluding diaryl/α,β-unsaturated/α-hetero) is 1. The number of aromatic nitrogens is 2. The zero-order valence-corrected chi connectivity index (χ0v) is 15.0. The highest BCUT2D eigenvalue weighted by molar-refractivity contribution is 9.10. The van der Waals surface area contributed by atoms with E-state index < -0.39 is 0 Å². The molecular formula is C16H18BrClN2O. The molecule has 0 amide bonds. The quantitative estimate of drug-likeness (QED) is 0.734. The van der Waals surface area contributed by atoms with Gasteiger partial charge in [0.05, 0.1) is 22.8 Å². The van der Waals surface area contributed by atoms with Crippen LogP contribution in [0.1, 0.15) is 39.8 Å². The fraction of sp³-hybridized carbons (Fsp3) is 0.375. The first-order valence-corrected chi connectivity index (χ1v) is 8.04. The van der Waals surface area contributed by atoms with Gasteiger partial charge in [-0.15, -0.1) is 0 Å². The Bertz CT molecular complexity index is 684. The van der Waals surface area contributed by atoms with Crippen LogP contribution in [-0.2, 0) is 13.0 Å². The van der Waals surface area contributed by atoms with Gasteiger partial charge in [0.1, 0.15) is 0 Å². The predicted molar refractivity (Wildman–Crippen MR) is 89.3 cm³/mol. The van der Waals surface area contributed by atoms with E-state index >= 15 is 0 Å². The number of halogens is 2. The van der Waals surface area contributed by atoms with Gasteiger partial charge in [-0.25, -0.2) is 0 Å². The van der Waals surface area contributed by atoms with Gasteiger partial charge < -0.3 is 0 Å². The predicted octanol–water partition coefficient (Wildman–Crippen LogP) is 4.67. The molecule has 1 aromatic heterocycles. The third-order valence-corrected chi connectivity index (χ3v) is 5.28. The van der Waals surface area contributed by atoms with E-state index in [0.717, 1.165) is 27.0 Å². The first kappa shape index (κ1) is 16.2. The molecule has 1 heterocycles. The average Bonchev–Trinajstić information content (AvgIpc) is 2.71. The van der Waals surface area contributed by atoms with Crippen molar-refractivity contribution in [2.45, 2.75) is 40.7 Å². The minimum absolute atomic E-state index is 0.0604. The number of ketones is 1. The van der Waals surface area contributed by atoms with E-state index in [9.17, 15) is 4.79 Å². The van der Waals surface area contributed by atoms with Crippen LogP contribution in [0.4, 0.5) is 0 Å². The van der Waals surface area contributed by atoms with Crippen LogP contribution >= 0.6 is 27.5 Å². The number of hydrogen-bond donors (Lipinski definition) is 0. The summed E-state index contributed by atoms with van der Waals surface area (Å²) in [4.78, 5) is 12.5. The third kappa shape index (κ3) is 3.22. The fourth-order valence-electron chi connectivity index (χ4n) is 2.40. The molecule has 0 unspecified atom stereocenters. The molecule has 0 aliphatic carbocycles. The Morgan fingerprint density at radius 2 is 1.86 bits per heavy atom. The van der Waals surface area contributed by atoms with Gasteiger partial charge in [-0.3, -0.25) is 9.48 Å². The van der Waals surface area contributed by atoms with Gasteiger partial charge in [-0.2, -0.15) is 5.10 Å². The number of benzene rings is 1. The Labute approximate surface area is 138 Å². The topological polar surface area (TPSA) is 34.9 Å². The average molecular weight is 370 g/mol. The van der Waals surface area contributed by atoms with Crippen molar-refractivity contribution in [2.75, 3.05) is 0 Å². The molecule has 0 bridgehead atoms. The highest BCUT2D eigenvalue weighted by atomic mass is 79.9. The zero-order valence-electron chi connectivity index (χ0n) is 12.6. The molecule has 0 fully saturated rings. The summed E-state index contributed by atoms with van der Waals surface area (Å²) in [6.45, 7) is 8.53. The second-order valence-electron chi connectivity index (χ2n) is 5.19. The molecular weight excluding hydrogens is 352 g/mol. The van der Waals surface area contributed by atoms with Gasteiger partial charge in [-0.05, 0) is 51.0 Å². The smallest absolute Gasteiger partial charge is 0.168 e. The summed E-state index contributed by atoms with van der Waals surface area (Å²) < 4.78 is 2.85. The molecule has 112 valence electrons. The number of rotatable bonds is 4. The molecule has 0 saturated carbocycles. The maximum atomic E-state index is 12.5. The van der Waals surface area contributed by atoms with E-state index in [-0.39, 0.29) is 12.2 Å². The normalized spacial score (nSPS) is 11.0. The molecule has 21 heavy (non-hydrogen) atoms. The van der Waals surface area contributed by atoms with Gasteiger partial charge in [0.25, 0.3) is 0 Å². The lowest BCUT2D eigenvalue weighted by molar-refractivity contribution is 0.0990. The van der Waals surface area contributed by atoms with Gasteiger partial charge in [0.2, 0.25) is 0 Å². The number of aryl methyl sites for hydroxylation is 4. The lowest BCUT2D eigenvalue weighted by Crippen LogP contribution is -2.10. The molecule has 0 saturated heterocycles. The highest BCUT2D eigenvalue weighted by Crippen LogP contribution is 2.25. The lowest BCUT2D eigenvalue weighted by atomic mass is 10.0. The number of carbonyl (C=O) groups excluding carboxylic acids is 1. The Balaban J connectivity index is 2.35. The van der Waals surface area contributed by atoms with Crippen LogP contribution in [0.2, 0.25) is 5.02 Å². The maximum Gasteiger partial charge on any atom is 0.168 e. The molecule has 0 aliphatic rings. The zero-order chi connectivity index (χ0) is 15.7. The van der Waals surface area contributed by atoms with Crippen LogP contribution < -0.4 is 0 Å². The fourth-order valence-corrected chi connectivity index (χ4v) is 2.83. The van der Waals surface area contributed by atoms with E-state index in [1.807, 2.05) is 39.8 Å². The maximum absolute atomic E-state index is 12.5. The Morgan fingerprint density at radius 3 is 2.38 bits per heavy atom. The first-order chi connectivity index (χ1) is 9.85. The van der Waals surface area contributed by atoms with E-state index in [4.69, 9.17) is 11.6 Å². The molecule has 3 nitrogen and oxygen atoms in total. The Morgan fingerprint density at radius 1 is 1.29 bits per heavy atom. The van der Waals surface area contributed by atoms with Crippen molar-refractivity contribution in [1.82, 2.24) is 9.78 Å². The largest absolute Gasteiger partial charge is 0.294 e. The van der Waals surface area contributed by atoms with Crippen LogP contribution in [0, 0.1) is 20.8 Å². The molecule has 2 rings (SSSR count). The molecule has 5 heteroatoms. The van der Waals surface area contributed by atoms with Crippen LogP contribution in [0.25, 0.3) is 0 Å². The Hall–Kier alpha value is -1.13. The second-order valence-corrected chi connectivity index (χ2v) is 6.36. The van der Waals surface area contributed by atoms with Crippen LogP contribution in [0.15, 0.2) is 16.6 Å².